The molecule has 0 radical (unpaired) electrons. The molecule has 0 spiro atoms. The Hall–Kier alpha value is -2.34. The van der Waals surface area contributed by atoms with Gasteiger partial charge in [0, 0.05) is 31.7 Å². The second kappa shape index (κ2) is 6.43. The Morgan fingerprint density at radius 1 is 0.962 bits per heavy atom. The van der Waals surface area contributed by atoms with E-state index in [1.165, 1.54) is 23.3 Å². The highest BCUT2D eigenvalue weighted by Gasteiger charge is 2.35. The molecule has 2 heterocycles. The lowest BCUT2D eigenvalue weighted by Crippen LogP contribution is -2.52. The lowest BCUT2D eigenvalue weighted by Gasteiger charge is -2.44. The van der Waals surface area contributed by atoms with E-state index in [1.54, 1.807) is 4.90 Å². The predicted molar refractivity (Wildman–Crippen MR) is 91.8 cm³/mol. The summed E-state index contributed by atoms with van der Waals surface area (Å²) < 4.78 is 38.1. The number of nitrogens with zero attached hydrogens (tertiary/aromatic N) is 2. The topological polar surface area (TPSA) is 23.6 Å². The number of hydrogen-bond acceptors (Lipinski definition) is 2. The fourth-order valence-electron chi connectivity index (χ4n) is 3.90. The van der Waals surface area contributed by atoms with Crippen molar-refractivity contribution in [1.29, 1.82) is 0 Å². The monoisotopic (exact) mass is 360 g/mol. The minimum absolute atomic E-state index is 0.159. The lowest BCUT2D eigenvalue weighted by molar-refractivity contribution is -0.137. The summed E-state index contributed by atoms with van der Waals surface area (Å²) in [5.41, 5.74) is 2.14. The summed E-state index contributed by atoms with van der Waals surface area (Å²) >= 11 is 0. The van der Waals surface area contributed by atoms with Gasteiger partial charge in [-0.15, -0.1) is 0 Å². The van der Waals surface area contributed by atoms with Crippen molar-refractivity contribution in [3.8, 4) is 0 Å². The highest BCUT2D eigenvalue weighted by Crippen LogP contribution is 2.33. The van der Waals surface area contributed by atoms with Crippen LogP contribution >= 0.6 is 0 Å². The van der Waals surface area contributed by atoms with Crippen molar-refractivity contribution in [1.82, 2.24) is 9.80 Å². The number of carbonyl (C=O) groups is 1. The molecule has 0 aliphatic carbocycles. The Morgan fingerprint density at radius 3 is 2.42 bits per heavy atom. The molecule has 6 heteroatoms. The molecule has 2 aliphatic rings. The number of piperazine rings is 1. The number of rotatable bonds is 1. The van der Waals surface area contributed by atoms with E-state index in [4.69, 9.17) is 0 Å². The molecule has 0 saturated carbocycles. The number of hydrogen-bond donors (Lipinski definition) is 0. The van der Waals surface area contributed by atoms with Gasteiger partial charge in [-0.05, 0) is 41.8 Å². The van der Waals surface area contributed by atoms with Gasteiger partial charge in [0.1, 0.15) is 0 Å². The SMILES string of the molecule is O=C(c1ccc(C(F)(F)F)cc1)N1CCN2CCc3ccccc3[C@H]2C1. The van der Waals surface area contributed by atoms with Crippen molar-refractivity contribution < 1.29 is 18.0 Å². The van der Waals surface area contributed by atoms with E-state index in [-0.39, 0.29) is 11.9 Å². The molecule has 1 atom stereocenters. The Morgan fingerprint density at radius 2 is 1.69 bits per heavy atom. The van der Waals surface area contributed by atoms with Crippen LogP contribution < -0.4 is 0 Å². The zero-order chi connectivity index (χ0) is 18.3. The summed E-state index contributed by atoms with van der Waals surface area (Å²) in [4.78, 5) is 16.9. The molecular formula is C20H19F3N2O. The zero-order valence-electron chi connectivity index (χ0n) is 14.2. The van der Waals surface area contributed by atoms with Crippen molar-refractivity contribution in [3.05, 3.63) is 70.8 Å². The average Bonchev–Trinajstić information content (AvgIpc) is 2.66. The molecule has 0 aromatic heterocycles. The van der Waals surface area contributed by atoms with Gasteiger partial charge in [-0.25, -0.2) is 0 Å². The molecule has 0 bridgehead atoms. The van der Waals surface area contributed by atoms with Crippen molar-refractivity contribution in [2.24, 2.45) is 0 Å². The van der Waals surface area contributed by atoms with Crippen LogP contribution in [-0.4, -0.2) is 41.9 Å². The van der Waals surface area contributed by atoms with E-state index in [2.05, 4.69) is 17.0 Å². The fraction of sp³-hybridized carbons (Fsp3) is 0.350. The maximum Gasteiger partial charge on any atom is 0.416 e. The molecule has 1 saturated heterocycles. The van der Waals surface area contributed by atoms with Crippen LogP contribution in [0.1, 0.15) is 33.1 Å². The molecular weight excluding hydrogens is 341 g/mol. The predicted octanol–water partition coefficient (Wildman–Crippen LogP) is 3.76. The summed E-state index contributed by atoms with van der Waals surface area (Å²) in [6.45, 7) is 2.92. The van der Waals surface area contributed by atoms with Crippen molar-refractivity contribution in [2.75, 3.05) is 26.2 Å². The summed E-state index contributed by atoms with van der Waals surface area (Å²) in [7, 11) is 0. The molecule has 3 nitrogen and oxygen atoms in total. The van der Waals surface area contributed by atoms with Gasteiger partial charge in [0.25, 0.3) is 5.91 Å². The van der Waals surface area contributed by atoms with Gasteiger partial charge in [-0.3, -0.25) is 9.69 Å². The van der Waals surface area contributed by atoms with Crippen LogP contribution in [0, 0.1) is 0 Å². The highest BCUT2D eigenvalue weighted by molar-refractivity contribution is 5.94. The van der Waals surface area contributed by atoms with E-state index >= 15 is 0 Å². The number of carbonyl (C=O) groups excluding carboxylic acids is 1. The molecule has 136 valence electrons. The van der Waals surface area contributed by atoms with E-state index in [1.807, 2.05) is 12.1 Å². The van der Waals surface area contributed by atoms with Gasteiger partial charge in [-0.2, -0.15) is 13.2 Å². The Kier molecular flexibility index (Phi) is 4.23. The van der Waals surface area contributed by atoms with E-state index in [0.29, 0.717) is 18.7 Å². The minimum Gasteiger partial charge on any atom is -0.335 e. The number of halogens is 3. The van der Waals surface area contributed by atoms with Gasteiger partial charge in [0.2, 0.25) is 0 Å². The molecule has 2 aromatic carbocycles. The van der Waals surface area contributed by atoms with Crippen LogP contribution in [0.15, 0.2) is 48.5 Å². The van der Waals surface area contributed by atoms with Crippen LogP contribution in [0.4, 0.5) is 13.2 Å². The van der Waals surface area contributed by atoms with Crippen LogP contribution in [0.2, 0.25) is 0 Å². The second-order valence-corrected chi connectivity index (χ2v) is 6.83. The molecule has 1 amide bonds. The minimum atomic E-state index is -4.39. The van der Waals surface area contributed by atoms with E-state index in [0.717, 1.165) is 31.6 Å². The number of benzene rings is 2. The van der Waals surface area contributed by atoms with Crippen molar-refractivity contribution >= 4 is 5.91 Å². The summed E-state index contributed by atoms with van der Waals surface area (Å²) in [6, 6.07) is 12.9. The third-order valence-corrected chi connectivity index (χ3v) is 5.32. The standard InChI is InChI=1S/C20H19F3N2O/c21-20(22,23)16-7-5-15(6-8-16)19(26)25-12-11-24-10-9-14-3-1-2-4-17(14)18(24)13-25/h1-8,18H,9-13H2/t18-/m1/s1. The maximum absolute atomic E-state index is 12.8. The first kappa shape index (κ1) is 17.1. The molecule has 1 fully saturated rings. The largest absolute Gasteiger partial charge is 0.416 e. The smallest absolute Gasteiger partial charge is 0.335 e. The van der Waals surface area contributed by atoms with Crippen LogP contribution in [0.3, 0.4) is 0 Å². The van der Waals surface area contributed by atoms with Gasteiger partial charge in [-0.1, -0.05) is 24.3 Å². The lowest BCUT2D eigenvalue weighted by atomic mass is 9.91. The van der Waals surface area contributed by atoms with E-state index < -0.39 is 11.7 Å². The number of alkyl halides is 3. The molecule has 4 rings (SSSR count). The van der Waals surface area contributed by atoms with Crippen LogP contribution in [0.25, 0.3) is 0 Å². The molecule has 26 heavy (non-hydrogen) atoms. The first-order chi connectivity index (χ1) is 12.4. The second-order valence-electron chi connectivity index (χ2n) is 6.83. The average molecular weight is 360 g/mol. The third-order valence-electron chi connectivity index (χ3n) is 5.32. The third kappa shape index (κ3) is 3.09. The first-order valence-electron chi connectivity index (χ1n) is 8.72. The van der Waals surface area contributed by atoms with Gasteiger partial charge in [0.05, 0.1) is 11.6 Å². The molecule has 0 N–H and O–H groups in total. The van der Waals surface area contributed by atoms with Crippen molar-refractivity contribution in [2.45, 2.75) is 18.6 Å². The number of fused-ring (bicyclic) bond motifs is 3. The fourth-order valence-corrected chi connectivity index (χ4v) is 3.90. The van der Waals surface area contributed by atoms with Crippen LogP contribution in [-0.2, 0) is 12.6 Å². The normalized spacial score (nSPS) is 20.4. The van der Waals surface area contributed by atoms with Crippen LogP contribution in [0.5, 0.6) is 0 Å². The number of amides is 1. The molecule has 2 aromatic rings. The first-order valence-corrected chi connectivity index (χ1v) is 8.72. The van der Waals surface area contributed by atoms with Crippen molar-refractivity contribution in [3.63, 3.8) is 0 Å². The molecule has 2 aliphatic heterocycles. The van der Waals surface area contributed by atoms with Gasteiger partial charge in [0.15, 0.2) is 0 Å². The summed E-state index contributed by atoms with van der Waals surface area (Å²) in [5.74, 6) is -0.207. The quantitative estimate of drug-likeness (QED) is 0.773. The van der Waals surface area contributed by atoms with Gasteiger partial charge >= 0.3 is 6.18 Å². The Labute approximate surface area is 150 Å². The Balaban J connectivity index is 1.54. The Bertz CT molecular complexity index is 817. The summed E-state index contributed by atoms with van der Waals surface area (Å²) in [6.07, 6.45) is -3.38. The zero-order valence-corrected chi connectivity index (χ0v) is 14.2. The maximum atomic E-state index is 12.8. The van der Waals surface area contributed by atoms with Gasteiger partial charge < -0.3 is 4.90 Å². The highest BCUT2D eigenvalue weighted by atomic mass is 19.4. The summed E-state index contributed by atoms with van der Waals surface area (Å²) in [5, 5.41) is 0. The molecule has 0 unspecified atom stereocenters. The van der Waals surface area contributed by atoms with E-state index in [9.17, 15) is 18.0 Å².